The fourth-order valence-corrected chi connectivity index (χ4v) is 7.69. The Bertz CT molecular complexity index is 857. The average molecular weight is 807 g/mol. The van der Waals surface area contributed by atoms with Crippen molar-refractivity contribution in [2.45, 2.75) is 291 Å². The third-order valence-corrected chi connectivity index (χ3v) is 11.5. The van der Waals surface area contributed by atoms with E-state index in [2.05, 4.69) is 27.7 Å². The molecule has 0 aromatic heterocycles. The minimum atomic E-state index is -0.759. The van der Waals surface area contributed by atoms with Crippen LogP contribution in [0.25, 0.3) is 0 Å². The van der Waals surface area contributed by atoms with Gasteiger partial charge in [-0.05, 0) is 25.2 Å². The summed E-state index contributed by atoms with van der Waals surface area (Å²) in [5.41, 5.74) is 0. The second-order valence-electron chi connectivity index (χ2n) is 17.9. The Morgan fingerprint density at radius 3 is 0.860 bits per heavy atom. The van der Waals surface area contributed by atoms with E-state index in [0.717, 1.165) is 63.7 Å². The minimum absolute atomic E-state index is 0.0629. The first-order chi connectivity index (χ1) is 27.9. The highest BCUT2D eigenvalue weighted by Crippen LogP contribution is 2.17. The molecule has 338 valence electrons. The lowest BCUT2D eigenvalue weighted by molar-refractivity contribution is -0.167. The van der Waals surface area contributed by atoms with Crippen LogP contribution in [0.15, 0.2) is 0 Å². The highest BCUT2D eigenvalue weighted by atomic mass is 16.6. The van der Waals surface area contributed by atoms with Gasteiger partial charge >= 0.3 is 17.9 Å². The number of rotatable bonds is 46. The smallest absolute Gasteiger partial charge is 0.306 e. The van der Waals surface area contributed by atoms with Crippen LogP contribution >= 0.6 is 0 Å². The van der Waals surface area contributed by atoms with E-state index >= 15 is 0 Å². The molecule has 0 aliphatic heterocycles. The molecule has 6 nitrogen and oxygen atoms in total. The van der Waals surface area contributed by atoms with E-state index in [1.54, 1.807) is 0 Å². The van der Waals surface area contributed by atoms with Crippen LogP contribution in [0.2, 0.25) is 0 Å². The molecule has 0 aliphatic rings. The van der Waals surface area contributed by atoms with Crippen molar-refractivity contribution >= 4 is 17.9 Å². The number of carbonyl (C=O) groups is 3. The zero-order valence-corrected chi connectivity index (χ0v) is 38.8. The van der Waals surface area contributed by atoms with E-state index in [0.29, 0.717) is 19.3 Å². The summed E-state index contributed by atoms with van der Waals surface area (Å²) in [5, 5.41) is 0. The molecule has 0 aliphatic carbocycles. The maximum atomic E-state index is 12.7. The van der Waals surface area contributed by atoms with Crippen molar-refractivity contribution in [2.24, 2.45) is 5.92 Å². The molecule has 0 fully saturated rings. The Morgan fingerprint density at radius 1 is 0.333 bits per heavy atom. The second kappa shape index (κ2) is 45.5. The molecule has 0 rings (SSSR count). The molecular weight excluding hydrogens is 709 g/mol. The van der Waals surface area contributed by atoms with Crippen molar-refractivity contribution in [3.05, 3.63) is 0 Å². The SMILES string of the molecule is CCCCCCCCCCCCCC(=O)O[C@@H](COC(=O)CCCCCCCCCCC)COC(=O)CCCCCCCCCCCCCCCCCCC(C)C. The zero-order chi connectivity index (χ0) is 41.7. The van der Waals surface area contributed by atoms with E-state index in [1.165, 1.54) is 180 Å². The first-order valence-electron chi connectivity index (χ1n) is 25.4. The fraction of sp³-hybridized carbons (Fsp3) is 0.941. The van der Waals surface area contributed by atoms with Gasteiger partial charge in [-0.25, -0.2) is 0 Å². The Hall–Kier alpha value is -1.59. The normalized spacial score (nSPS) is 11.9. The topological polar surface area (TPSA) is 78.9 Å². The maximum Gasteiger partial charge on any atom is 0.306 e. The summed E-state index contributed by atoms with van der Waals surface area (Å²) in [5.74, 6) is 0.00361. The number of hydrogen-bond acceptors (Lipinski definition) is 6. The molecule has 0 saturated heterocycles. The monoisotopic (exact) mass is 807 g/mol. The lowest BCUT2D eigenvalue weighted by atomic mass is 10.0. The molecule has 6 heteroatoms. The number of esters is 3. The van der Waals surface area contributed by atoms with Crippen molar-refractivity contribution in [3.63, 3.8) is 0 Å². The van der Waals surface area contributed by atoms with E-state index in [4.69, 9.17) is 14.2 Å². The highest BCUT2D eigenvalue weighted by molar-refractivity contribution is 5.71. The summed E-state index contributed by atoms with van der Waals surface area (Å²) in [6.07, 6.45) is 46.6. The molecule has 0 aromatic carbocycles. The van der Waals surface area contributed by atoms with Gasteiger partial charge in [0, 0.05) is 19.3 Å². The van der Waals surface area contributed by atoms with Gasteiger partial charge in [-0.15, -0.1) is 0 Å². The van der Waals surface area contributed by atoms with Gasteiger partial charge in [-0.2, -0.15) is 0 Å². The van der Waals surface area contributed by atoms with Crippen LogP contribution in [0.4, 0.5) is 0 Å². The molecule has 0 heterocycles. The lowest BCUT2D eigenvalue weighted by Crippen LogP contribution is -2.30. The van der Waals surface area contributed by atoms with Crippen LogP contribution in [0.1, 0.15) is 285 Å². The Labute approximate surface area is 355 Å². The van der Waals surface area contributed by atoms with Gasteiger partial charge in [0.2, 0.25) is 0 Å². The zero-order valence-electron chi connectivity index (χ0n) is 38.8. The van der Waals surface area contributed by atoms with Gasteiger partial charge in [0.25, 0.3) is 0 Å². The number of ether oxygens (including phenoxy) is 3. The molecule has 0 saturated carbocycles. The Morgan fingerprint density at radius 2 is 0.579 bits per heavy atom. The van der Waals surface area contributed by atoms with Crippen molar-refractivity contribution in [3.8, 4) is 0 Å². The number of unbranched alkanes of at least 4 members (excludes halogenated alkanes) is 33. The first kappa shape index (κ1) is 55.4. The quantitative estimate of drug-likeness (QED) is 0.0346. The Kier molecular flexibility index (Phi) is 44.2. The van der Waals surface area contributed by atoms with E-state index in [1.807, 2.05) is 0 Å². The highest BCUT2D eigenvalue weighted by Gasteiger charge is 2.19. The van der Waals surface area contributed by atoms with Crippen molar-refractivity contribution in [1.29, 1.82) is 0 Å². The first-order valence-corrected chi connectivity index (χ1v) is 25.4. The standard InChI is InChI=1S/C51H98O6/c1-5-7-9-11-13-15-22-28-32-36-40-44-51(54)57-48(45-55-49(52)42-38-34-30-25-14-12-10-8-6-2)46-56-50(53)43-39-35-31-27-24-21-19-17-16-18-20-23-26-29-33-37-41-47(3)4/h47-48H,5-46H2,1-4H3/t48-/m0/s1. The van der Waals surface area contributed by atoms with Crippen molar-refractivity contribution in [1.82, 2.24) is 0 Å². The van der Waals surface area contributed by atoms with Gasteiger partial charge in [0.1, 0.15) is 13.2 Å². The van der Waals surface area contributed by atoms with Crippen LogP contribution in [0.5, 0.6) is 0 Å². The Balaban J connectivity index is 4.20. The maximum absolute atomic E-state index is 12.7. The van der Waals surface area contributed by atoms with Gasteiger partial charge in [-0.1, -0.05) is 246 Å². The molecule has 1 atom stereocenters. The lowest BCUT2D eigenvalue weighted by Gasteiger charge is -2.18. The average Bonchev–Trinajstić information content (AvgIpc) is 3.19. The van der Waals surface area contributed by atoms with Crippen LogP contribution in [-0.4, -0.2) is 37.2 Å². The summed E-state index contributed by atoms with van der Waals surface area (Å²) >= 11 is 0. The van der Waals surface area contributed by atoms with E-state index in [9.17, 15) is 14.4 Å². The molecule has 0 aromatic rings. The largest absolute Gasteiger partial charge is 0.462 e. The van der Waals surface area contributed by atoms with Gasteiger partial charge in [0.05, 0.1) is 0 Å². The summed E-state index contributed by atoms with van der Waals surface area (Å²) in [7, 11) is 0. The minimum Gasteiger partial charge on any atom is -0.462 e. The van der Waals surface area contributed by atoms with Crippen molar-refractivity contribution in [2.75, 3.05) is 13.2 Å². The fourth-order valence-electron chi connectivity index (χ4n) is 7.69. The second-order valence-corrected chi connectivity index (χ2v) is 17.9. The van der Waals surface area contributed by atoms with Crippen LogP contribution in [0, 0.1) is 5.92 Å². The molecular formula is C51H98O6. The predicted molar refractivity (Wildman–Crippen MR) is 243 cm³/mol. The summed E-state index contributed by atoms with van der Waals surface area (Å²) in [6.45, 7) is 9.01. The molecule has 0 bridgehead atoms. The van der Waals surface area contributed by atoms with Crippen LogP contribution in [0.3, 0.4) is 0 Å². The van der Waals surface area contributed by atoms with Gasteiger partial charge in [0.15, 0.2) is 6.10 Å². The van der Waals surface area contributed by atoms with Gasteiger partial charge in [-0.3, -0.25) is 14.4 Å². The molecule has 0 amide bonds. The van der Waals surface area contributed by atoms with Crippen molar-refractivity contribution < 1.29 is 28.6 Å². The predicted octanol–water partition coefficient (Wildman–Crippen LogP) is 16.3. The molecule has 0 spiro atoms. The molecule has 57 heavy (non-hydrogen) atoms. The van der Waals surface area contributed by atoms with E-state index < -0.39 is 6.10 Å². The molecule has 0 radical (unpaired) electrons. The number of hydrogen-bond donors (Lipinski definition) is 0. The summed E-state index contributed by atoms with van der Waals surface area (Å²) < 4.78 is 16.7. The third-order valence-electron chi connectivity index (χ3n) is 11.5. The van der Waals surface area contributed by atoms with Crippen LogP contribution < -0.4 is 0 Å². The van der Waals surface area contributed by atoms with Gasteiger partial charge < -0.3 is 14.2 Å². The van der Waals surface area contributed by atoms with E-state index in [-0.39, 0.29) is 31.1 Å². The van der Waals surface area contributed by atoms with Crippen LogP contribution in [-0.2, 0) is 28.6 Å². The number of carbonyl (C=O) groups excluding carboxylic acids is 3. The third kappa shape index (κ3) is 45.3. The summed E-state index contributed by atoms with van der Waals surface area (Å²) in [6, 6.07) is 0. The molecule has 0 N–H and O–H groups in total. The molecule has 0 unspecified atom stereocenters. The summed E-state index contributed by atoms with van der Waals surface area (Å²) in [4.78, 5) is 37.8.